The highest BCUT2D eigenvalue weighted by Crippen LogP contribution is 2.53. The minimum absolute atomic E-state index is 0.442. The first-order valence-electron chi connectivity index (χ1n) is 14.2. The van der Waals surface area contributed by atoms with E-state index in [4.69, 9.17) is 0 Å². The molecule has 3 aliphatic carbocycles. The van der Waals surface area contributed by atoms with E-state index in [1.807, 2.05) is 0 Å². The smallest absolute Gasteiger partial charge is 0.00585 e. The molecule has 0 unspecified atom stereocenters. The van der Waals surface area contributed by atoms with E-state index in [0.717, 1.165) is 23.7 Å². The minimum atomic E-state index is 0.442. The molecule has 0 heteroatoms. The lowest BCUT2D eigenvalue weighted by Gasteiger charge is -2.48. The monoisotopic (exact) mass is 432 g/mol. The first kappa shape index (κ1) is 23.8. The standard InChI is InChI=1S/C32H48/c1-3-24-32(30-11-7-5-8-12-30,31-13-9-6-10-14-31)25-23-27-17-21-29(22-18-27)28-19-15-26(4-2)16-20-28/h4,17-18,21-23,25-26,28,30-31H,2-3,5-16,19-20,24H2,1H3. The third kappa shape index (κ3) is 5.60. The van der Waals surface area contributed by atoms with Crippen molar-refractivity contribution < 1.29 is 0 Å². The summed E-state index contributed by atoms with van der Waals surface area (Å²) in [5.74, 6) is 3.33. The Kier molecular flexibility index (Phi) is 8.73. The van der Waals surface area contributed by atoms with Crippen molar-refractivity contribution in [2.75, 3.05) is 0 Å². The number of allylic oxidation sites excluding steroid dienone is 2. The van der Waals surface area contributed by atoms with E-state index in [1.54, 1.807) is 5.56 Å². The SMILES string of the molecule is C=CC1CCC(c2ccc(C=CC(CCC)(C3CCCCC3)C3CCCCC3)cc2)CC1. The minimum Gasteiger partial charge on any atom is -0.103 e. The van der Waals surface area contributed by atoms with Crippen LogP contribution in [-0.2, 0) is 0 Å². The van der Waals surface area contributed by atoms with Crippen LogP contribution in [0.4, 0.5) is 0 Å². The van der Waals surface area contributed by atoms with Crippen molar-refractivity contribution in [2.24, 2.45) is 23.2 Å². The Bertz CT molecular complexity index is 685. The molecule has 0 heterocycles. The molecular formula is C32H48. The van der Waals surface area contributed by atoms with Gasteiger partial charge in [0.1, 0.15) is 0 Å². The Morgan fingerprint density at radius 1 is 0.781 bits per heavy atom. The molecule has 1 aromatic carbocycles. The molecule has 1 aromatic rings. The molecule has 0 aromatic heterocycles. The average Bonchev–Trinajstić information content (AvgIpc) is 2.88. The fourth-order valence-electron chi connectivity index (χ4n) is 7.63. The number of benzene rings is 1. The summed E-state index contributed by atoms with van der Waals surface area (Å²) in [6.07, 6.45) is 30.1. The molecule has 0 N–H and O–H groups in total. The van der Waals surface area contributed by atoms with Crippen LogP contribution in [-0.4, -0.2) is 0 Å². The largest absolute Gasteiger partial charge is 0.103 e. The van der Waals surface area contributed by atoms with Gasteiger partial charge in [0.15, 0.2) is 0 Å². The van der Waals surface area contributed by atoms with E-state index >= 15 is 0 Å². The predicted molar refractivity (Wildman–Crippen MR) is 141 cm³/mol. The third-order valence-corrected chi connectivity index (χ3v) is 9.51. The van der Waals surface area contributed by atoms with Crippen LogP contribution >= 0.6 is 0 Å². The number of rotatable bonds is 8. The zero-order valence-corrected chi connectivity index (χ0v) is 20.9. The summed E-state index contributed by atoms with van der Waals surface area (Å²) in [7, 11) is 0. The van der Waals surface area contributed by atoms with Gasteiger partial charge in [-0.2, -0.15) is 0 Å². The van der Waals surface area contributed by atoms with Gasteiger partial charge in [-0.05, 0) is 98.0 Å². The van der Waals surface area contributed by atoms with Crippen LogP contribution in [0.15, 0.2) is 43.0 Å². The summed E-state index contributed by atoms with van der Waals surface area (Å²) >= 11 is 0. The molecule has 0 spiro atoms. The van der Waals surface area contributed by atoms with Gasteiger partial charge in [-0.1, -0.05) is 94.4 Å². The van der Waals surface area contributed by atoms with E-state index in [0.29, 0.717) is 5.41 Å². The molecule has 3 aliphatic rings. The molecule has 0 saturated heterocycles. The molecule has 176 valence electrons. The molecule has 0 aliphatic heterocycles. The summed E-state index contributed by atoms with van der Waals surface area (Å²) in [6, 6.07) is 9.68. The quantitative estimate of drug-likeness (QED) is 0.358. The van der Waals surface area contributed by atoms with Gasteiger partial charge in [0.05, 0.1) is 0 Å². The first-order valence-corrected chi connectivity index (χ1v) is 14.2. The fraction of sp³-hybridized carbons (Fsp3) is 0.688. The zero-order chi connectivity index (χ0) is 22.2. The average molecular weight is 433 g/mol. The van der Waals surface area contributed by atoms with Crippen LogP contribution in [0.1, 0.15) is 127 Å². The lowest BCUT2D eigenvalue weighted by atomic mass is 9.57. The van der Waals surface area contributed by atoms with Crippen LogP contribution < -0.4 is 0 Å². The normalized spacial score (nSPS) is 26.4. The van der Waals surface area contributed by atoms with Crippen molar-refractivity contribution >= 4 is 6.08 Å². The molecule has 0 radical (unpaired) electrons. The van der Waals surface area contributed by atoms with Crippen LogP contribution in [0.5, 0.6) is 0 Å². The second kappa shape index (κ2) is 11.7. The highest BCUT2D eigenvalue weighted by Gasteiger charge is 2.42. The molecule has 0 atom stereocenters. The third-order valence-electron chi connectivity index (χ3n) is 9.51. The summed E-state index contributed by atoms with van der Waals surface area (Å²) in [5, 5.41) is 0. The van der Waals surface area contributed by atoms with Crippen molar-refractivity contribution in [1.82, 2.24) is 0 Å². The van der Waals surface area contributed by atoms with Gasteiger partial charge in [0.25, 0.3) is 0 Å². The molecule has 3 saturated carbocycles. The molecule has 0 amide bonds. The van der Waals surface area contributed by atoms with E-state index in [9.17, 15) is 0 Å². The summed E-state index contributed by atoms with van der Waals surface area (Å²) in [4.78, 5) is 0. The maximum atomic E-state index is 4.01. The number of hydrogen-bond acceptors (Lipinski definition) is 0. The Morgan fingerprint density at radius 3 is 1.84 bits per heavy atom. The van der Waals surface area contributed by atoms with E-state index < -0.39 is 0 Å². The molecule has 4 rings (SSSR count). The topological polar surface area (TPSA) is 0 Å². The highest BCUT2D eigenvalue weighted by molar-refractivity contribution is 5.51. The van der Waals surface area contributed by atoms with Crippen molar-refractivity contribution in [1.29, 1.82) is 0 Å². The fourth-order valence-corrected chi connectivity index (χ4v) is 7.63. The van der Waals surface area contributed by atoms with Gasteiger partial charge >= 0.3 is 0 Å². The van der Waals surface area contributed by atoms with E-state index in [-0.39, 0.29) is 0 Å². The van der Waals surface area contributed by atoms with Gasteiger partial charge < -0.3 is 0 Å². The second-order valence-corrected chi connectivity index (χ2v) is 11.4. The Balaban J connectivity index is 1.51. The lowest BCUT2D eigenvalue weighted by Crippen LogP contribution is -2.38. The summed E-state index contributed by atoms with van der Waals surface area (Å²) in [5.41, 5.74) is 3.42. The molecule has 0 bridgehead atoms. The van der Waals surface area contributed by atoms with Gasteiger partial charge in [-0.3, -0.25) is 0 Å². The molecule has 0 nitrogen and oxygen atoms in total. The summed E-state index contributed by atoms with van der Waals surface area (Å²) < 4.78 is 0. The van der Waals surface area contributed by atoms with Crippen LogP contribution in [0.3, 0.4) is 0 Å². The lowest BCUT2D eigenvalue weighted by molar-refractivity contribution is 0.0602. The van der Waals surface area contributed by atoms with E-state index in [2.05, 4.69) is 56.0 Å². The first-order chi connectivity index (χ1) is 15.7. The summed E-state index contributed by atoms with van der Waals surface area (Å²) in [6.45, 7) is 6.43. The van der Waals surface area contributed by atoms with Crippen molar-refractivity contribution in [3.05, 3.63) is 54.1 Å². The van der Waals surface area contributed by atoms with Crippen molar-refractivity contribution in [3.63, 3.8) is 0 Å². The van der Waals surface area contributed by atoms with Gasteiger partial charge in [0.2, 0.25) is 0 Å². The van der Waals surface area contributed by atoms with Crippen LogP contribution in [0.25, 0.3) is 6.08 Å². The molecule has 32 heavy (non-hydrogen) atoms. The van der Waals surface area contributed by atoms with Gasteiger partial charge in [0, 0.05) is 0 Å². The van der Waals surface area contributed by atoms with Crippen molar-refractivity contribution in [2.45, 2.75) is 116 Å². The maximum Gasteiger partial charge on any atom is -0.00585 e. The van der Waals surface area contributed by atoms with Gasteiger partial charge in [-0.25, -0.2) is 0 Å². The zero-order valence-electron chi connectivity index (χ0n) is 20.9. The van der Waals surface area contributed by atoms with Gasteiger partial charge in [-0.15, -0.1) is 6.58 Å². The van der Waals surface area contributed by atoms with Crippen molar-refractivity contribution in [3.8, 4) is 0 Å². The molecule has 3 fully saturated rings. The van der Waals surface area contributed by atoms with E-state index in [1.165, 1.54) is 108 Å². The molecular weight excluding hydrogens is 384 g/mol. The predicted octanol–water partition coefficient (Wildman–Crippen LogP) is 10.1. The Hall–Kier alpha value is -1.30. The van der Waals surface area contributed by atoms with Crippen LogP contribution in [0.2, 0.25) is 0 Å². The Labute approximate surface area is 199 Å². The highest BCUT2D eigenvalue weighted by atomic mass is 14.5. The van der Waals surface area contributed by atoms with Crippen LogP contribution in [0, 0.1) is 23.2 Å². The Morgan fingerprint density at radius 2 is 1.34 bits per heavy atom. The maximum absolute atomic E-state index is 4.01. The number of hydrogen-bond donors (Lipinski definition) is 0. The second-order valence-electron chi connectivity index (χ2n) is 11.4.